The largest absolute Gasteiger partial charge is 0.453 e. The molecule has 2 rings (SSSR count). The van der Waals surface area contributed by atoms with Crippen molar-refractivity contribution in [3.05, 3.63) is 0 Å². The Hall–Kier alpha value is -1.59. The molecule has 0 aromatic carbocycles. The third-order valence-corrected chi connectivity index (χ3v) is 3.35. The van der Waals surface area contributed by atoms with Crippen LogP contribution in [0.1, 0.15) is 40.0 Å². The number of ether oxygens (including phenoxy) is 2. The first-order valence-electron chi connectivity index (χ1n) is 6.45. The second kappa shape index (κ2) is 4.51. The lowest BCUT2D eigenvalue weighted by Gasteiger charge is -2.37. The molecule has 0 N–H and O–H groups in total. The number of carbonyl (C=O) groups is 3. The van der Waals surface area contributed by atoms with Crippen LogP contribution in [0.15, 0.2) is 0 Å². The standard InChI is InChI=1S/C13H19NO5/c1-12(2,3)19-11(17)14-6-4-13(5-7-14)8-9(15)10(16)18-13/h4-8H2,1-3H3. The minimum atomic E-state index is -0.745. The number of amides is 1. The highest BCUT2D eigenvalue weighted by molar-refractivity contribution is 6.35. The van der Waals surface area contributed by atoms with Gasteiger partial charge >= 0.3 is 12.1 Å². The molecule has 0 saturated carbocycles. The summed E-state index contributed by atoms with van der Waals surface area (Å²) in [5.74, 6) is -1.21. The summed E-state index contributed by atoms with van der Waals surface area (Å²) in [5, 5.41) is 0. The Bertz CT molecular complexity index is 397. The molecule has 2 aliphatic rings. The first-order valence-corrected chi connectivity index (χ1v) is 6.45. The average Bonchev–Trinajstić information content (AvgIpc) is 2.52. The number of esters is 1. The first-order chi connectivity index (χ1) is 8.71. The maximum atomic E-state index is 11.9. The van der Waals surface area contributed by atoms with Gasteiger partial charge in [0.15, 0.2) is 0 Å². The van der Waals surface area contributed by atoms with Gasteiger partial charge in [0.05, 0.1) is 6.42 Å². The van der Waals surface area contributed by atoms with Crippen LogP contribution in [0.4, 0.5) is 4.79 Å². The van der Waals surface area contributed by atoms with Crippen LogP contribution in [0, 0.1) is 0 Å². The van der Waals surface area contributed by atoms with Gasteiger partial charge in [0.1, 0.15) is 11.2 Å². The molecule has 0 aliphatic carbocycles. The van der Waals surface area contributed by atoms with E-state index in [1.807, 2.05) is 20.8 Å². The van der Waals surface area contributed by atoms with Crippen molar-refractivity contribution in [2.24, 2.45) is 0 Å². The fourth-order valence-electron chi connectivity index (χ4n) is 2.36. The predicted octanol–water partition coefficient (Wildman–Crippen LogP) is 1.27. The summed E-state index contributed by atoms with van der Waals surface area (Å²) < 4.78 is 10.4. The van der Waals surface area contributed by atoms with E-state index >= 15 is 0 Å². The summed E-state index contributed by atoms with van der Waals surface area (Å²) in [6.07, 6.45) is 0.750. The molecule has 19 heavy (non-hydrogen) atoms. The monoisotopic (exact) mass is 269 g/mol. The van der Waals surface area contributed by atoms with Gasteiger partial charge in [-0.1, -0.05) is 0 Å². The molecule has 106 valence electrons. The second-order valence-corrected chi connectivity index (χ2v) is 6.14. The number of ketones is 1. The zero-order valence-corrected chi connectivity index (χ0v) is 11.5. The molecular weight excluding hydrogens is 250 g/mol. The van der Waals surface area contributed by atoms with Crippen LogP contribution in [-0.4, -0.2) is 47.0 Å². The molecule has 1 spiro atoms. The molecule has 6 heteroatoms. The Labute approximate surface area is 112 Å². The fourth-order valence-corrected chi connectivity index (χ4v) is 2.36. The van der Waals surface area contributed by atoms with E-state index in [1.54, 1.807) is 4.90 Å². The lowest BCUT2D eigenvalue weighted by molar-refractivity contribution is -0.155. The smallest absolute Gasteiger partial charge is 0.410 e. The van der Waals surface area contributed by atoms with Crippen LogP contribution in [-0.2, 0) is 19.1 Å². The van der Waals surface area contributed by atoms with Crippen molar-refractivity contribution in [1.82, 2.24) is 4.90 Å². The normalized spacial score (nSPS) is 22.6. The van der Waals surface area contributed by atoms with Gasteiger partial charge in [-0.25, -0.2) is 9.59 Å². The Morgan fingerprint density at radius 2 is 1.84 bits per heavy atom. The fraction of sp³-hybridized carbons (Fsp3) is 0.769. The number of Topliss-reactive ketones (excluding diaryl/α,β-unsaturated/α-hetero) is 1. The van der Waals surface area contributed by atoms with E-state index < -0.39 is 23.0 Å². The Morgan fingerprint density at radius 1 is 1.26 bits per heavy atom. The minimum Gasteiger partial charge on any atom is -0.453 e. The predicted molar refractivity (Wildman–Crippen MR) is 65.5 cm³/mol. The molecule has 0 aromatic rings. The molecule has 2 saturated heterocycles. The number of rotatable bonds is 0. The third-order valence-electron chi connectivity index (χ3n) is 3.35. The van der Waals surface area contributed by atoms with Crippen LogP contribution >= 0.6 is 0 Å². The maximum Gasteiger partial charge on any atom is 0.410 e. The van der Waals surface area contributed by atoms with E-state index in [2.05, 4.69) is 0 Å². The van der Waals surface area contributed by atoms with E-state index in [4.69, 9.17) is 9.47 Å². The highest BCUT2D eigenvalue weighted by Crippen LogP contribution is 2.35. The van der Waals surface area contributed by atoms with Crippen LogP contribution in [0.2, 0.25) is 0 Å². The van der Waals surface area contributed by atoms with Gasteiger partial charge in [-0.05, 0) is 20.8 Å². The summed E-state index contributed by atoms with van der Waals surface area (Å²) in [6, 6.07) is 0. The van der Waals surface area contributed by atoms with Gasteiger partial charge in [-0.3, -0.25) is 4.79 Å². The van der Waals surface area contributed by atoms with E-state index in [1.165, 1.54) is 0 Å². The topological polar surface area (TPSA) is 72.9 Å². The SMILES string of the molecule is CC(C)(C)OC(=O)N1CCC2(CC1)CC(=O)C(=O)O2. The maximum absolute atomic E-state index is 11.9. The van der Waals surface area contributed by atoms with Gasteiger partial charge in [0, 0.05) is 25.9 Å². The molecule has 0 bridgehead atoms. The van der Waals surface area contributed by atoms with E-state index in [-0.39, 0.29) is 12.5 Å². The molecular formula is C13H19NO5. The van der Waals surface area contributed by atoms with Crippen molar-refractivity contribution in [3.63, 3.8) is 0 Å². The lowest BCUT2D eigenvalue weighted by Crippen LogP contribution is -2.48. The zero-order chi connectivity index (χ0) is 14.3. The van der Waals surface area contributed by atoms with Crippen LogP contribution < -0.4 is 0 Å². The van der Waals surface area contributed by atoms with Crippen LogP contribution in [0.3, 0.4) is 0 Å². The quantitative estimate of drug-likeness (QED) is 0.489. The molecule has 2 heterocycles. The number of likely N-dealkylation sites (tertiary alicyclic amines) is 1. The van der Waals surface area contributed by atoms with Crippen LogP contribution in [0.5, 0.6) is 0 Å². The first kappa shape index (κ1) is 13.8. The third kappa shape index (κ3) is 3.05. The molecule has 6 nitrogen and oxygen atoms in total. The van der Waals surface area contributed by atoms with Crippen molar-refractivity contribution in [2.45, 2.75) is 51.2 Å². The molecule has 0 radical (unpaired) electrons. The van der Waals surface area contributed by atoms with Gasteiger partial charge in [-0.2, -0.15) is 0 Å². The molecule has 0 atom stereocenters. The van der Waals surface area contributed by atoms with Crippen LogP contribution in [0.25, 0.3) is 0 Å². The Balaban J connectivity index is 1.91. The van der Waals surface area contributed by atoms with Gasteiger partial charge < -0.3 is 14.4 Å². The zero-order valence-electron chi connectivity index (χ0n) is 11.5. The van der Waals surface area contributed by atoms with Crippen molar-refractivity contribution >= 4 is 17.8 Å². The molecule has 0 aromatic heterocycles. The Morgan fingerprint density at radius 3 is 2.26 bits per heavy atom. The average molecular weight is 269 g/mol. The number of nitrogens with zero attached hydrogens (tertiary/aromatic N) is 1. The number of piperidine rings is 1. The summed E-state index contributed by atoms with van der Waals surface area (Å²) in [7, 11) is 0. The highest BCUT2D eigenvalue weighted by Gasteiger charge is 2.48. The number of carbonyl (C=O) groups excluding carboxylic acids is 3. The molecule has 0 unspecified atom stereocenters. The van der Waals surface area contributed by atoms with Gasteiger partial charge in [0.2, 0.25) is 5.78 Å². The van der Waals surface area contributed by atoms with Crippen molar-refractivity contribution < 1.29 is 23.9 Å². The summed E-state index contributed by atoms with van der Waals surface area (Å²) in [4.78, 5) is 35.9. The second-order valence-electron chi connectivity index (χ2n) is 6.14. The summed E-state index contributed by atoms with van der Waals surface area (Å²) >= 11 is 0. The van der Waals surface area contributed by atoms with Crippen molar-refractivity contribution in [1.29, 1.82) is 0 Å². The minimum absolute atomic E-state index is 0.133. The van der Waals surface area contributed by atoms with E-state index in [9.17, 15) is 14.4 Å². The number of hydrogen-bond donors (Lipinski definition) is 0. The lowest BCUT2D eigenvalue weighted by atomic mass is 9.88. The Kier molecular flexibility index (Phi) is 3.28. The van der Waals surface area contributed by atoms with Crippen molar-refractivity contribution in [3.8, 4) is 0 Å². The van der Waals surface area contributed by atoms with Crippen molar-refractivity contribution in [2.75, 3.05) is 13.1 Å². The highest BCUT2D eigenvalue weighted by atomic mass is 16.6. The summed E-state index contributed by atoms with van der Waals surface area (Å²) in [6.45, 7) is 6.32. The number of hydrogen-bond acceptors (Lipinski definition) is 5. The molecule has 1 amide bonds. The van der Waals surface area contributed by atoms with E-state index in [0.717, 1.165) is 0 Å². The molecule has 2 fully saturated rings. The summed E-state index contributed by atoms with van der Waals surface area (Å²) in [5.41, 5.74) is -1.21. The van der Waals surface area contributed by atoms with Gasteiger partial charge in [0.25, 0.3) is 0 Å². The molecule has 2 aliphatic heterocycles. The van der Waals surface area contributed by atoms with Gasteiger partial charge in [-0.15, -0.1) is 0 Å². The van der Waals surface area contributed by atoms with E-state index in [0.29, 0.717) is 25.9 Å².